The Bertz CT molecular complexity index is 791. The Labute approximate surface area is 133 Å². The van der Waals surface area contributed by atoms with Gasteiger partial charge in [-0.2, -0.15) is 13.2 Å². The molecule has 5 nitrogen and oxygen atoms in total. The molecule has 0 fully saturated rings. The molecule has 1 N–H and O–H groups in total. The van der Waals surface area contributed by atoms with Gasteiger partial charge in [-0.15, -0.1) is 0 Å². The van der Waals surface area contributed by atoms with E-state index in [1.54, 1.807) is 12.4 Å². The van der Waals surface area contributed by atoms with Crippen molar-refractivity contribution in [1.82, 2.24) is 19.5 Å². The van der Waals surface area contributed by atoms with E-state index in [2.05, 4.69) is 20.3 Å². The normalized spacial score (nSPS) is 11.7. The number of hydrogen-bond acceptors (Lipinski definition) is 5. The number of pyridine rings is 1. The van der Waals surface area contributed by atoms with Crippen LogP contribution in [0.3, 0.4) is 0 Å². The van der Waals surface area contributed by atoms with E-state index in [-0.39, 0.29) is 5.13 Å². The van der Waals surface area contributed by atoms with Crippen LogP contribution in [-0.2, 0) is 12.7 Å². The number of thiazole rings is 1. The fourth-order valence-corrected chi connectivity index (χ4v) is 2.63. The van der Waals surface area contributed by atoms with Crippen LogP contribution in [-0.4, -0.2) is 19.5 Å². The van der Waals surface area contributed by atoms with Gasteiger partial charge in [0.1, 0.15) is 16.5 Å². The lowest BCUT2D eigenvalue weighted by molar-refractivity contribution is -0.134. The maximum Gasteiger partial charge on any atom is 0.427 e. The first-order chi connectivity index (χ1) is 10.9. The number of rotatable bonds is 4. The average molecular weight is 339 g/mol. The van der Waals surface area contributed by atoms with Gasteiger partial charge in [0.15, 0.2) is 5.13 Å². The summed E-state index contributed by atoms with van der Waals surface area (Å²) in [6.45, 7) is 2.22. The fourth-order valence-electron chi connectivity index (χ4n) is 1.95. The molecule has 120 valence electrons. The molecule has 9 heteroatoms. The third-order valence-corrected chi connectivity index (χ3v) is 4.11. The maximum atomic E-state index is 12.5. The molecule has 3 heterocycles. The minimum absolute atomic E-state index is 0.229. The Hall–Kier alpha value is -2.42. The maximum absolute atomic E-state index is 12.5. The van der Waals surface area contributed by atoms with Gasteiger partial charge in [0.25, 0.3) is 0 Å². The van der Waals surface area contributed by atoms with Crippen molar-refractivity contribution in [2.24, 2.45) is 0 Å². The second-order valence-corrected chi connectivity index (χ2v) is 5.78. The third kappa shape index (κ3) is 3.50. The monoisotopic (exact) mass is 339 g/mol. The molecule has 0 radical (unpaired) electrons. The van der Waals surface area contributed by atoms with Gasteiger partial charge in [-0.05, 0) is 18.6 Å². The van der Waals surface area contributed by atoms with Crippen LogP contribution in [0.2, 0.25) is 0 Å². The van der Waals surface area contributed by atoms with Crippen molar-refractivity contribution >= 4 is 16.5 Å². The van der Waals surface area contributed by atoms with E-state index in [9.17, 15) is 13.2 Å². The Kier molecular flexibility index (Phi) is 4.03. The van der Waals surface area contributed by atoms with Gasteiger partial charge < -0.3 is 5.32 Å². The van der Waals surface area contributed by atoms with Gasteiger partial charge in [-0.3, -0.25) is 4.57 Å². The smallest absolute Gasteiger partial charge is 0.357 e. The molecule has 3 aromatic heterocycles. The zero-order valence-electron chi connectivity index (χ0n) is 12.0. The summed E-state index contributed by atoms with van der Waals surface area (Å²) in [6.07, 6.45) is 1.64. The molecule has 0 unspecified atom stereocenters. The zero-order valence-corrected chi connectivity index (χ0v) is 12.8. The van der Waals surface area contributed by atoms with Crippen LogP contribution in [0.1, 0.15) is 16.3 Å². The second-order valence-electron chi connectivity index (χ2n) is 4.75. The van der Waals surface area contributed by atoms with E-state index in [1.807, 2.05) is 29.8 Å². The quantitative estimate of drug-likeness (QED) is 0.788. The SMILES string of the molecule is Cc1nccn1-c1ccc(CNc2ncc(C(F)(F)F)s2)cn1. The van der Waals surface area contributed by atoms with Gasteiger partial charge >= 0.3 is 6.18 Å². The van der Waals surface area contributed by atoms with Crippen molar-refractivity contribution in [2.45, 2.75) is 19.6 Å². The highest BCUT2D eigenvalue weighted by molar-refractivity contribution is 7.15. The van der Waals surface area contributed by atoms with Crippen LogP contribution in [0.5, 0.6) is 0 Å². The lowest BCUT2D eigenvalue weighted by atomic mass is 10.3. The highest BCUT2D eigenvalue weighted by Gasteiger charge is 2.33. The van der Waals surface area contributed by atoms with Crippen LogP contribution in [0.15, 0.2) is 36.9 Å². The lowest BCUT2D eigenvalue weighted by Crippen LogP contribution is -2.02. The molecule has 0 saturated carbocycles. The molecule has 23 heavy (non-hydrogen) atoms. The summed E-state index contributed by atoms with van der Waals surface area (Å²) >= 11 is 0.582. The highest BCUT2D eigenvalue weighted by atomic mass is 32.1. The van der Waals surface area contributed by atoms with Crippen molar-refractivity contribution in [3.05, 3.63) is 53.2 Å². The Balaban J connectivity index is 1.65. The van der Waals surface area contributed by atoms with E-state index in [0.717, 1.165) is 23.4 Å². The molecule has 0 atom stereocenters. The van der Waals surface area contributed by atoms with E-state index < -0.39 is 11.1 Å². The van der Waals surface area contributed by atoms with Gasteiger partial charge in [0.05, 0.1) is 6.20 Å². The lowest BCUT2D eigenvalue weighted by Gasteiger charge is -2.06. The number of imidazole rings is 1. The number of hydrogen-bond donors (Lipinski definition) is 1. The van der Waals surface area contributed by atoms with Crippen LogP contribution >= 0.6 is 11.3 Å². The van der Waals surface area contributed by atoms with Crippen molar-refractivity contribution in [3.8, 4) is 5.82 Å². The molecule has 0 saturated heterocycles. The number of anilines is 1. The summed E-state index contributed by atoms with van der Waals surface area (Å²) in [5.74, 6) is 1.56. The molecular formula is C14H12F3N5S. The Morgan fingerprint density at radius 3 is 2.57 bits per heavy atom. The first-order valence-electron chi connectivity index (χ1n) is 6.65. The fraction of sp³-hybridized carbons (Fsp3) is 0.214. The molecule has 0 aliphatic carbocycles. The predicted octanol–water partition coefficient (Wildman–Crippen LogP) is 3.66. The molecule has 3 rings (SSSR count). The molecule has 0 amide bonds. The third-order valence-electron chi connectivity index (χ3n) is 3.11. The predicted molar refractivity (Wildman–Crippen MR) is 80.5 cm³/mol. The highest BCUT2D eigenvalue weighted by Crippen LogP contribution is 2.35. The van der Waals surface area contributed by atoms with Crippen LogP contribution < -0.4 is 5.32 Å². The Morgan fingerprint density at radius 1 is 1.17 bits per heavy atom. The van der Waals surface area contributed by atoms with Crippen LogP contribution in [0.4, 0.5) is 18.3 Å². The molecule has 0 aromatic carbocycles. The van der Waals surface area contributed by atoms with Gasteiger partial charge in [0.2, 0.25) is 0 Å². The molecular weight excluding hydrogens is 327 g/mol. The van der Waals surface area contributed by atoms with Gasteiger partial charge in [0, 0.05) is 25.1 Å². The summed E-state index contributed by atoms with van der Waals surface area (Å²) in [7, 11) is 0. The van der Waals surface area contributed by atoms with Gasteiger partial charge in [-0.1, -0.05) is 17.4 Å². The second kappa shape index (κ2) is 5.99. The van der Waals surface area contributed by atoms with E-state index in [1.165, 1.54) is 0 Å². The van der Waals surface area contributed by atoms with Crippen molar-refractivity contribution < 1.29 is 13.2 Å². The molecule has 0 bridgehead atoms. The number of halogens is 3. The zero-order chi connectivity index (χ0) is 16.4. The average Bonchev–Trinajstić information content (AvgIpc) is 3.14. The number of aromatic nitrogens is 4. The summed E-state index contributed by atoms with van der Waals surface area (Å²) in [6, 6.07) is 3.68. The largest absolute Gasteiger partial charge is 0.427 e. The topological polar surface area (TPSA) is 55.6 Å². The summed E-state index contributed by atoms with van der Waals surface area (Å²) < 4.78 is 39.3. The minimum atomic E-state index is -4.36. The van der Waals surface area contributed by atoms with E-state index in [0.29, 0.717) is 17.9 Å². The molecule has 0 aliphatic heterocycles. The first-order valence-corrected chi connectivity index (χ1v) is 7.47. The molecule has 3 aromatic rings. The van der Waals surface area contributed by atoms with Crippen LogP contribution in [0, 0.1) is 6.92 Å². The van der Waals surface area contributed by atoms with Gasteiger partial charge in [-0.25, -0.2) is 15.0 Å². The summed E-state index contributed by atoms with van der Waals surface area (Å²) in [5, 5.41) is 3.10. The number of nitrogens with zero attached hydrogens (tertiary/aromatic N) is 4. The number of alkyl halides is 3. The minimum Gasteiger partial charge on any atom is -0.357 e. The number of nitrogens with one attached hydrogen (secondary N) is 1. The molecule has 0 aliphatic rings. The van der Waals surface area contributed by atoms with Crippen LogP contribution in [0.25, 0.3) is 5.82 Å². The standard InChI is InChI=1S/C14H12F3N5S/c1-9-18-4-5-22(9)12-3-2-10(6-19-12)7-20-13-21-8-11(23-13)14(15,16)17/h2-6,8H,7H2,1H3,(H,20,21). The summed E-state index contributed by atoms with van der Waals surface area (Å²) in [4.78, 5) is 11.5. The van der Waals surface area contributed by atoms with E-state index >= 15 is 0 Å². The summed E-state index contributed by atoms with van der Waals surface area (Å²) in [5.41, 5.74) is 0.843. The van der Waals surface area contributed by atoms with E-state index in [4.69, 9.17) is 0 Å². The molecule has 0 spiro atoms. The van der Waals surface area contributed by atoms with Crippen molar-refractivity contribution in [2.75, 3.05) is 5.32 Å². The number of aryl methyl sites for hydroxylation is 1. The van der Waals surface area contributed by atoms with Crippen molar-refractivity contribution in [3.63, 3.8) is 0 Å². The Morgan fingerprint density at radius 2 is 2.00 bits per heavy atom. The van der Waals surface area contributed by atoms with Crippen molar-refractivity contribution in [1.29, 1.82) is 0 Å². The first kappa shape index (κ1) is 15.5.